The summed E-state index contributed by atoms with van der Waals surface area (Å²) in [4.78, 5) is 20.9. The molecule has 2 heterocycles. The molecule has 0 spiro atoms. The molecule has 0 saturated carbocycles. The van der Waals surface area contributed by atoms with Gasteiger partial charge in [-0.25, -0.2) is 4.98 Å². The van der Waals surface area contributed by atoms with E-state index in [1.54, 1.807) is 23.7 Å². The van der Waals surface area contributed by atoms with E-state index in [1.165, 1.54) is 29.5 Å². The molecule has 0 aliphatic rings. The minimum Gasteiger partial charge on any atom is -0.505 e. The van der Waals surface area contributed by atoms with Gasteiger partial charge in [0.2, 0.25) is 0 Å². The lowest BCUT2D eigenvalue weighted by molar-refractivity contribution is -0.112. The molecular weight excluding hydrogens is 407 g/mol. The average molecular weight is 417 g/mol. The Bertz CT molecular complexity index is 1050. The van der Waals surface area contributed by atoms with Gasteiger partial charge in [-0.2, -0.15) is 5.26 Å². The van der Waals surface area contributed by atoms with Crippen LogP contribution in [0, 0.1) is 11.3 Å². The van der Waals surface area contributed by atoms with Crippen molar-refractivity contribution in [3.8, 4) is 23.2 Å². The van der Waals surface area contributed by atoms with E-state index in [0.29, 0.717) is 22.1 Å². The second-order valence-electron chi connectivity index (χ2n) is 5.21. The number of nitriles is 1. The summed E-state index contributed by atoms with van der Waals surface area (Å²) in [5.41, 5.74) is 1.54. The summed E-state index contributed by atoms with van der Waals surface area (Å²) in [6.07, 6.45) is 2.97. The number of halogens is 2. The highest BCUT2D eigenvalue weighted by Gasteiger charge is 2.14. The van der Waals surface area contributed by atoms with Crippen molar-refractivity contribution in [1.82, 2.24) is 9.97 Å². The molecule has 2 N–H and O–H groups in total. The number of anilines is 1. The van der Waals surface area contributed by atoms with E-state index in [2.05, 4.69) is 15.3 Å². The average Bonchev–Trinajstić information content (AvgIpc) is 3.13. The molecule has 3 rings (SSSR count). The molecule has 27 heavy (non-hydrogen) atoms. The molecule has 0 aliphatic carbocycles. The molecule has 0 atom stereocenters. The fourth-order valence-corrected chi connectivity index (χ4v) is 3.31. The molecule has 0 bridgehead atoms. The van der Waals surface area contributed by atoms with Crippen LogP contribution in [0.3, 0.4) is 0 Å². The third kappa shape index (κ3) is 4.44. The molecule has 2 aromatic heterocycles. The predicted molar refractivity (Wildman–Crippen MR) is 106 cm³/mol. The molecule has 0 fully saturated rings. The highest BCUT2D eigenvalue weighted by Crippen LogP contribution is 2.33. The van der Waals surface area contributed by atoms with Crippen LogP contribution in [0.15, 0.2) is 47.5 Å². The van der Waals surface area contributed by atoms with Crippen molar-refractivity contribution in [3.05, 3.63) is 63.1 Å². The van der Waals surface area contributed by atoms with Gasteiger partial charge in [-0.3, -0.25) is 15.1 Å². The lowest BCUT2D eigenvalue weighted by Gasteiger charge is -2.03. The number of aromatic nitrogens is 2. The zero-order valence-electron chi connectivity index (χ0n) is 13.5. The largest absolute Gasteiger partial charge is 0.505 e. The number of rotatable bonds is 4. The van der Waals surface area contributed by atoms with Crippen molar-refractivity contribution in [2.75, 3.05) is 5.32 Å². The number of hydrogen-bond acceptors (Lipinski definition) is 6. The summed E-state index contributed by atoms with van der Waals surface area (Å²) in [5, 5.41) is 23.6. The highest BCUT2D eigenvalue weighted by molar-refractivity contribution is 7.14. The lowest BCUT2D eigenvalue weighted by Crippen LogP contribution is -2.13. The Morgan fingerprint density at radius 2 is 2.00 bits per heavy atom. The third-order valence-corrected chi connectivity index (χ3v) is 4.70. The summed E-state index contributed by atoms with van der Waals surface area (Å²) in [7, 11) is 0. The number of carbonyl (C=O) groups excluding carboxylic acids is 1. The van der Waals surface area contributed by atoms with Gasteiger partial charge in [-0.15, -0.1) is 11.3 Å². The van der Waals surface area contributed by atoms with Crippen molar-refractivity contribution < 1.29 is 9.90 Å². The van der Waals surface area contributed by atoms with Crippen molar-refractivity contribution in [1.29, 1.82) is 5.26 Å². The smallest absolute Gasteiger partial charge is 0.268 e. The van der Waals surface area contributed by atoms with Crippen LogP contribution >= 0.6 is 34.5 Å². The van der Waals surface area contributed by atoms with Crippen LogP contribution in [-0.2, 0) is 4.79 Å². The quantitative estimate of drug-likeness (QED) is 0.471. The fourth-order valence-electron chi connectivity index (χ4n) is 2.11. The van der Waals surface area contributed by atoms with E-state index in [0.717, 1.165) is 0 Å². The Balaban J connectivity index is 1.80. The molecule has 6 nitrogen and oxygen atoms in total. The molecule has 0 aliphatic heterocycles. The van der Waals surface area contributed by atoms with E-state index in [1.807, 2.05) is 12.1 Å². The van der Waals surface area contributed by atoms with E-state index in [-0.39, 0.29) is 21.4 Å². The number of carbonyl (C=O) groups is 1. The van der Waals surface area contributed by atoms with Crippen LogP contribution in [0.2, 0.25) is 10.0 Å². The first kappa shape index (κ1) is 18.9. The van der Waals surface area contributed by atoms with Crippen molar-refractivity contribution >= 4 is 51.7 Å². The fraction of sp³-hybridized carbons (Fsp3) is 0. The number of nitrogens with zero attached hydrogens (tertiary/aromatic N) is 3. The molecule has 0 radical (unpaired) electrons. The number of pyridine rings is 1. The first-order valence-corrected chi connectivity index (χ1v) is 9.09. The van der Waals surface area contributed by atoms with Gasteiger partial charge in [0.25, 0.3) is 5.91 Å². The van der Waals surface area contributed by atoms with Crippen LogP contribution < -0.4 is 5.32 Å². The van der Waals surface area contributed by atoms with Gasteiger partial charge < -0.3 is 5.11 Å². The Morgan fingerprint density at radius 1 is 1.26 bits per heavy atom. The maximum atomic E-state index is 12.4. The normalized spacial score (nSPS) is 11.1. The van der Waals surface area contributed by atoms with Gasteiger partial charge in [0.05, 0.1) is 15.7 Å². The van der Waals surface area contributed by atoms with Crippen LogP contribution in [0.25, 0.3) is 17.5 Å². The molecular formula is C18H10Cl2N4O2S. The summed E-state index contributed by atoms with van der Waals surface area (Å²) in [6.45, 7) is 0. The van der Waals surface area contributed by atoms with Crippen molar-refractivity contribution in [2.24, 2.45) is 0 Å². The van der Waals surface area contributed by atoms with Gasteiger partial charge in [0, 0.05) is 11.6 Å². The Labute approximate surface area is 168 Å². The Kier molecular flexibility index (Phi) is 5.72. The number of aromatic hydroxyl groups is 1. The van der Waals surface area contributed by atoms with Gasteiger partial charge in [-0.05, 0) is 35.9 Å². The van der Waals surface area contributed by atoms with Crippen LogP contribution in [-0.4, -0.2) is 21.0 Å². The summed E-state index contributed by atoms with van der Waals surface area (Å²) >= 11 is 12.9. The molecule has 134 valence electrons. The van der Waals surface area contributed by atoms with Gasteiger partial charge in [-0.1, -0.05) is 29.3 Å². The van der Waals surface area contributed by atoms with Crippen LogP contribution in [0.4, 0.5) is 5.13 Å². The zero-order chi connectivity index (χ0) is 19.4. The molecule has 3 aromatic rings. The minimum atomic E-state index is -0.625. The highest BCUT2D eigenvalue weighted by atomic mass is 35.5. The van der Waals surface area contributed by atoms with Crippen molar-refractivity contribution in [2.45, 2.75) is 0 Å². The lowest BCUT2D eigenvalue weighted by atomic mass is 10.1. The first-order valence-electron chi connectivity index (χ1n) is 7.46. The standard InChI is InChI=1S/C18H10Cl2N4O2S/c19-12-6-10(7-13(20)16(12)25)5-11(8-21)17(26)24-18-23-15(9-27-18)14-3-1-2-4-22-14/h1-7,9,25H,(H,23,24,26)/b11-5+. The Morgan fingerprint density at radius 3 is 2.63 bits per heavy atom. The summed E-state index contributed by atoms with van der Waals surface area (Å²) in [6, 6.07) is 10.1. The summed E-state index contributed by atoms with van der Waals surface area (Å²) in [5.74, 6) is -0.886. The van der Waals surface area contributed by atoms with Crippen LogP contribution in [0.5, 0.6) is 5.75 Å². The maximum absolute atomic E-state index is 12.4. The first-order chi connectivity index (χ1) is 13.0. The van der Waals surface area contributed by atoms with Gasteiger partial charge in [0.1, 0.15) is 17.3 Å². The van der Waals surface area contributed by atoms with Gasteiger partial charge in [0.15, 0.2) is 10.9 Å². The van der Waals surface area contributed by atoms with Crippen molar-refractivity contribution in [3.63, 3.8) is 0 Å². The number of thiazole rings is 1. The number of phenols is 1. The van der Waals surface area contributed by atoms with Crippen LogP contribution in [0.1, 0.15) is 5.56 Å². The topological polar surface area (TPSA) is 98.9 Å². The molecule has 1 amide bonds. The zero-order valence-corrected chi connectivity index (χ0v) is 15.8. The monoisotopic (exact) mass is 416 g/mol. The number of phenolic OH excluding ortho intramolecular Hbond substituents is 1. The molecule has 0 saturated heterocycles. The number of benzene rings is 1. The summed E-state index contributed by atoms with van der Waals surface area (Å²) < 4.78 is 0. The molecule has 9 heteroatoms. The van der Waals surface area contributed by atoms with E-state index >= 15 is 0 Å². The Hall–Kier alpha value is -2.92. The minimum absolute atomic E-state index is 0.0198. The van der Waals surface area contributed by atoms with E-state index in [4.69, 9.17) is 23.2 Å². The predicted octanol–water partition coefficient (Wildman–Crippen LogP) is 4.76. The second-order valence-corrected chi connectivity index (χ2v) is 6.88. The molecule has 1 aromatic carbocycles. The SMILES string of the molecule is N#C/C(=C\c1cc(Cl)c(O)c(Cl)c1)C(=O)Nc1nc(-c2ccccn2)cs1. The van der Waals surface area contributed by atoms with E-state index in [9.17, 15) is 15.2 Å². The van der Waals surface area contributed by atoms with E-state index < -0.39 is 5.91 Å². The maximum Gasteiger partial charge on any atom is 0.268 e. The number of nitrogens with one attached hydrogen (secondary N) is 1. The third-order valence-electron chi connectivity index (χ3n) is 3.37. The number of hydrogen-bond donors (Lipinski definition) is 2. The second kappa shape index (κ2) is 8.18. The van der Waals surface area contributed by atoms with Gasteiger partial charge >= 0.3 is 0 Å². The molecule has 0 unspecified atom stereocenters. The number of amides is 1.